The first-order valence-electron chi connectivity index (χ1n) is 6.77. The lowest BCUT2D eigenvalue weighted by atomic mass is 9.97. The smallest absolute Gasteiger partial charge is 0.111 e. The van der Waals surface area contributed by atoms with Crippen LogP contribution in [-0.4, -0.2) is 32.8 Å². The summed E-state index contributed by atoms with van der Waals surface area (Å²) in [6.07, 6.45) is 4.75. The van der Waals surface area contributed by atoms with Crippen LogP contribution in [0.25, 0.3) is 0 Å². The number of aliphatic hydroxyl groups excluding tert-OH is 1. The van der Waals surface area contributed by atoms with E-state index in [1.807, 2.05) is 12.4 Å². The Hall–Kier alpha value is -0.870. The third kappa shape index (κ3) is 4.10. The summed E-state index contributed by atoms with van der Waals surface area (Å²) >= 11 is 0. The second-order valence-corrected chi connectivity index (χ2v) is 5.90. The van der Waals surface area contributed by atoms with Gasteiger partial charge in [-0.3, -0.25) is 0 Å². The Morgan fingerprint density at radius 1 is 1.39 bits per heavy atom. The second-order valence-electron chi connectivity index (χ2n) is 5.90. The fourth-order valence-corrected chi connectivity index (χ4v) is 2.27. The number of hydrogen-bond donors (Lipinski definition) is 2. The molecule has 18 heavy (non-hydrogen) atoms. The third-order valence-electron chi connectivity index (χ3n) is 3.15. The number of rotatable bonds is 7. The van der Waals surface area contributed by atoms with Gasteiger partial charge in [0, 0.05) is 36.4 Å². The lowest BCUT2D eigenvalue weighted by molar-refractivity contribution is 0.152. The van der Waals surface area contributed by atoms with Gasteiger partial charge >= 0.3 is 0 Å². The minimum absolute atomic E-state index is 0.150. The van der Waals surface area contributed by atoms with Crippen molar-refractivity contribution >= 4 is 0 Å². The predicted molar refractivity (Wildman–Crippen MR) is 74.7 cm³/mol. The Bertz CT molecular complexity index is 360. The van der Waals surface area contributed by atoms with Gasteiger partial charge in [-0.2, -0.15) is 0 Å². The monoisotopic (exact) mass is 253 g/mol. The molecule has 0 aliphatic heterocycles. The summed E-state index contributed by atoms with van der Waals surface area (Å²) in [5, 5.41) is 13.0. The molecule has 4 nitrogen and oxygen atoms in total. The summed E-state index contributed by atoms with van der Waals surface area (Å²) in [5.74, 6) is 1.54. The first-order chi connectivity index (χ1) is 8.38. The van der Waals surface area contributed by atoms with Crippen molar-refractivity contribution in [1.82, 2.24) is 14.9 Å². The minimum Gasteiger partial charge on any atom is -0.394 e. The molecule has 2 N–H and O–H groups in total. The Morgan fingerprint density at radius 2 is 2.06 bits per heavy atom. The maximum absolute atomic E-state index is 9.55. The van der Waals surface area contributed by atoms with E-state index in [0.717, 1.165) is 18.8 Å². The van der Waals surface area contributed by atoms with Gasteiger partial charge in [0.15, 0.2) is 0 Å². The van der Waals surface area contributed by atoms with E-state index in [2.05, 4.69) is 49.5 Å². The molecule has 0 radical (unpaired) electrons. The molecule has 1 aromatic heterocycles. The van der Waals surface area contributed by atoms with Crippen LogP contribution in [0.3, 0.4) is 0 Å². The Balaban J connectivity index is 2.65. The molecule has 0 aliphatic rings. The number of nitrogens with zero attached hydrogens (tertiary/aromatic N) is 2. The Morgan fingerprint density at radius 3 is 2.56 bits per heavy atom. The summed E-state index contributed by atoms with van der Waals surface area (Å²) < 4.78 is 2.18. The van der Waals surface area contributed by atoms with Crippen molar-refractivity contribution in [2.24, 2.45) is 0 Å². The number of aliphatic hydroxyl groups is 1. The van der Waals surface area contributed by atoms with Gasteiger partial charge in [0.25, 0.3) is 0 Å². The molecule has 1 aromatic rings. The topological polar surface area (TPSA) is 50.1 Å². The summed E-state index contributed by atoms with van der Waals surface area (Å²) in [6, 6.07) is 0.370. The number of aryl methyl sites for hydroxylation is 1. The van der Waals surface area contributed by atoms with Crippen LogP contribution < -0.4 is 5.32 Å². The van der Waals surface area contributed by atoms with Gasteiger partial charge in [-0.15, -0.1) is 0 Å². The summed E-state index contributed by atoms with van der Waals surface area (Å²) in [7, 11) is 0. The molecule has 0 aromatic carbocycles. The number of nitrogens with one attached hydrogen (secondary N) is 1. The molecule has 1 unspecified atom stereocenters. The molecule has 0 bridgehead atoms. The van der Waals surface area contributed by atoms with Gasteiger partial charge in [0.2, 0.25) is 0 Å². The molecular weight excluding hydrogens is 226 g/mol. The average molecular weight is 253 g/mol. The van der Waals surface area contributed by atoms with Crippen molar-refractivity contribution in [1.29, 1.82) is 0 Å². The predicted octanol–water partition coefficient (Wildman–Crippen LogP) is 2.15. The van der Waals surface area contributed by atoms with Crippen LogP contribution in [0.2, 0.25) is 0 Å². The quantitative estimate of drug-likeness (QED) is 0.783. The molecular formula is C14H27N3O. The van der Waals surface area contributed by atoms with Crippen molar-refractivity contribution in [3.8, 4) is 0 Å². The van der Waals surface area contributed by atoms with E-state index in [4.69, 9.17) is 0 Å². The van der Waals surface area contributed by atoms with Crippen LogP contribution in [0, 0.1) is 0 Å². The lowest BCUT2D eigenvalue weighted by Gasteiger charge is -2.31. The maximum Gasteiger partial charge on any atom is 0.111 e. The molecule has 1 atom stereocenters. The van der Waals surface area contributed by atoms with E-state index >= 15 is 0 Å². The van der Waals surface area contributed by atoms with Gasteiger partial charge in [-0.25, -0.2) is 4.98 Å². The first kappa shape index (κ1) is 15.2. The van der Waals surface area contributed by atoms with Gasteiger partial charge < -0.3 is 15.0 Å². The van der Waals surface area contributed by atoms with E-state index in [0.29, 0.717) is 12.0 Å². The largest absolute Gasteiger partial charge is 0.394 e. The second kappa shape index (κ2) is 6.34. The first-order valence-corrected chi connectivity index (χ1v) is 6.77. The van der Waals surface area contributed by atoms with Crippen LogP contribution in [0.5, 0.6) is 0 Å². The van der Waals surface area contributed by atoms with Crippen molar-refractivity contribution in [2.45, 2.75) is 65.1 Å². The molecule has 0 aliphatic carbocycles. The van der Waals surface area contributed by atoms with E-state index in [1.165, 1.54) is 0 Å². The van der Waals surface area contributed by atoms with E-state index in [-0.39, 0.29) is 12.1 Å². The zero-order valence-corrected chi connectivity index (χ0v) is 12.3. The van der Waals surface area contributed by atoms with Crippen LogP contribution in [0.1, 0.15) is 52.8 Å². The van der Waals surface area contributed by atoms with Crippen LogP contribution >= 0.6 is 0 Å². The van der Waals surface area contributed by atoms with Crippen LogP contribution in [0.4, 0.5) is 0 Å². The van der Waals surface area contributed by atoms with Gasteiger partial charge in [0.05, 0.1) is 6.61 Å². The highest BCUT2D eigenvalue weighted by molar-refractivity contribution is 4.98. The highest BCUT2D eigenvalue weighted by Gasteiger charge is 2.24. The van der Waals surface area contributed by atoms with E-state index < -0.39 is 0 Å². The van der Waals surface area contributed by atoms with Crippen molar-refractivity contribution < 1.29 is 5.11 Å². The molecule has 0 amide bonds. The number of hydrogen-bond acceptors (Lipinski definition) is 3. The Kier molecular flexibility index (Phi) is 5.35. The molecule has 0 saturated carbocycles. The molecule has 0 spiro atoms. The number of aromatic nitrogens is 2. The zero-order valence-electron chi connectivity index (χ0n) is 12.3. The van der Waals surface area contributed by atoms with Crippen molar-refractivity contribution in [3.63, 3.8) is 0 Å². The summed E-state index contributed by atoms with van der Waals surface area (Å²) in [5.41, 5.74) is -0.229. The Labute approximate surface area is 110 Å². The van der Waals surface area contributed by atoms with E-state index in [9.17, 15) is 5.11 Å². The summed E-state index contributed by atoms with van der Waals surface area (Å²) in [4.78, 5) is 4.38. The highest BCUT2D eigenvalue weighted by atomic mass is 16.3. The number of imidazole rings is 1. The maximum atomic E-state index is 9.55. The zero-order chi connectivity index (χ0) is 13.8. The average Bonchev–Trinajstić information content (AvgIpc) is 2.74. The van der Waals surface area contributed by atoms with Gasteiger partial charge in [-0.1, -0.05) is 27.7 Å². The molecule has 104 valence electrons. The normalized spacial score (nSPS) is 15.3. The molecule has 4 heteroatoms. The van der Waals surface area contributed by atoms with Crippen molar-refractivity contribution in [2.75, 3.05) is 6.61 Å². The van der Waals surface area contributed by atoms with Gasteiger partial charge in [-0.05, 0) is 13.3 Å². The molecule has 0 saturated heterocycles. The standard InChI is InChI=1S/C14H27N3O/c1-11(2)13-15-7-9-17(13)8-6-14(5,10-18)16-12(3)4/h7,9,11-12,16,18H,6,8,10H2,1-5H3. The molecule has 1 rings (SSSR count). The summed E-state index contributed by atoms with van der Waals surface area (Å²) in [6.45, 7) is 11.6. The molecule has 1 heterocycles. The van der Waals surface area contributed by atoms with Gasteiger partial charge in [0.1, 0.15) is 5.82 Å². The molecule has 0 fully saturated rings. The lowest BCUT2D eigenvalue weighted by Crippen LogP contribution is -2.49. The minimum atomic E-state index is -0.229. The van der Waals surface area contributed by atoms with Crippen molar-refractivity contribution in [3.05, 3.63) is 18.2 Å². The van der Waals surface area contributed by atoms with Crippen LogP contribution in [0.15, 0.2) is 12.4 Å². The van der Waals surface area contributed by atoms with Crippen LogP contribution in [-0.2, 0) is 6.54 Å². The highest BCUT2D eigenvalue weighted by Crippen LogP contribution is 2.16. The SMILES string of the molecule is CC(C)NC(C)(CO)CCn1ccnc1C(C)C. The fourth-order valence-electron chi connectivity index (χ4n) is 2.27. The third-order valence-corrected chi connectivity index (χ3v) is 3.15. The fraction of sp³-hybridized carbons (Fsp3) is 0.786. The van der Waals surface area contributed by atoms with E-state index in [1.54, 1.807) is 0 Å².